The van der Waals surface area contributed by atoms with Crippen LogP contribution >= 0.6 is 0 Å². The van der Waals surface area contributed by atoms with Crippen LogP contribution in [-0.4, -0.2) is 42.9 Å². The van der Waals surface area contributed by atoms with Gasteiger partial charge in [-0.1, -0.05) is 35.0 Å². The maximum atomic E-state index is 12.0. The zero-order valence-electron chi connectivity index (χ0n) is 14.0. The molecule has 2 rings (SSSR count). The highest BCUT2D eigenvalue weighted by Gasteiger charge is 2.16. The predicted octanol–water partition coefficient (Wildman–Crippen LogP) is 2.83. The summed E-state index contributed by atoms with van der Waals surface area (Å²) in [4.78, 5) is 13.6. The molecule has 2 amide bonds. The van der Waals surface area contributed by atoms with Crippen LogP contribution in [0.1, 0.15) is 18.2 Å². The zero-order chi connectivity index (χ0) is 16.8. The molecule has 1 heterocycles. The summed E-state index contributed by atoms with van der Waals surface area (Å²) in [7, 11) is 3.35. The molecule has 0 fully saturated rings. The van der Waals surface area contributed by atoms with Crippen molar-refractivity contribution < 1.29 is 14.1 Å². The molecule has 0 spiro atoms. The number of carbonyl (C=O) groups excluding carboxylic acids is 1. The van der Waals surface area contributed by atoms with E-state index < -0.39 is 0 Å². The largest absolute Gasteiger partial charge is 0.383 e. The van der Waals surface area contributed by atoms with Crippen molar-refractivity contribution in [3.8, 4) is 11.3 Å². The lowest BCUT2D eigenvalue weighted by atomic mass is 10.1. The van der Waals surface area contributed by atoms with E-state index >= 15 is 0 Å². The highest BCUT2D eigenvalue weighted by atomic mass is 16.5. The number of urea groups is 1. The van der Waals surface area contributed by atoms with Gasteiger partial charge in [-0.2, -0.15) is 0 Å². The molecular weight excluding hydrogens is 294 g/mol. The minimum absolute atomic E-state index is 0.00200. The van der Waals surface area contributed by atoms with E-state index in [0.29, 0.717) is 18.9 Å². The van der Waals surface area contributed by atoms with Crippen LogP contribution in [0.25, 0.3) is 11.3 Å². The Morgan fingerprint density at radius 2 is 2.09 bits per heavy atom. The third kappa shape index (κ3) is 4.56. The normalized spacial score (nSPS) is 12.0. The Hall–Kier alpha value is -2.34. The summed E-state index contributed by atoms with van der Waals surface area (Å²) in [6, 6.07) is 9.70. The average Bonchev–Trinajstić information content (AvgIpc) is 3.01. The molecule has 0 bridgehead atoms. The quantitative estimate of drug-likeness (QED) is 0.889. The molecule has 1 aromatic heterocycles. The number of benzene rings is 1. The molecule has 23 heavy (non-hydrogen) atoms. The van der Waals surface area contributed by atoms with Gasteiger partial charge in [0.1, 0.15) is 5.69 Å². The summed E-state index contributed by atoms with van der Waals surface area (Å²) in [5.41, 5.74) is 2.94. The van der Waals surface area contributed by atoms with Crippen LogP contribution in [0, 0.1) is 6.92 Å². The maximum absolute atomic E-state index is 12.0. The summed E-state index contributed by atoms with van der Waals surface area (Å²) in [6.45, 7) is 4.74. The molecular formula is C17H23N3O3. The van der Waals surface area contributed by atoms with E-state index in [-0.39, 0.29) is 12.1 Å². The highest BCUT2D eigenvalue weighted by Crippen LogP contribution is 2.19. The smallest absolute Gasteiger partial charge is 0.317 e. The summed E-state index contributed by atoms with van der Waals surface area (Å²) >= 11 is 0. The van der Waals surface area contributed by atoms with Gasteiger partial charge in [0.25, 0.3) is 0 Å². The Bertz CT molecular complexity index is 637. The number of aromatic nitrogens is 1. The third-order valence-corrected chi connectivity index (χ3v) is 3.71. The second-order valence-electron chi connectivity index (χ2n) is 5.62. The van der Waals surface area contributed by atoms with Gasteiger partial charge in [-0.3, -0.25) is 0 Å². The SMILES string of the molecule is COCC(C)N(C)C(=O)NCc1cc(-c2ccc(C)cc2)no1. The zero-order valence-corrected chi connectivity index (χ0v) is 14.0. The maximum Gasteiger partial charge on any atom is 0.317 e. The van der Waals surface area contributed by atoms with E-state index in [9.17, 15) is 4.79 Å². The highest BCUT2D eigenvalue weighted by molar-refractivity contribution is 5.74. The molecule has 0 aliphatic heterocycles. The van der Waals surface area contributed by atoms with Gasteiger partial charge >= 0.3 is 6.03 Å². The van der Waals surface area contributed by atoms with E-state index in [1.165, 1.54) is 5.56 Å². The lowest BCUT2D eigenvalue weighted by Crippen LogP contribution is -2.43. The average molecular weight is 317 g/mol. The lowest BCUT2D eigenvalue weighted by Gasteiger charge is -2.24. The van der Waals surface area contributed by atoms with Crippen molar-refractivity contribution in [2.45, 2.75) is 26.4 Å². The molecule has 1 aromatic carbocycles. The first-order valence-corrected chi connectivity index (χ1v) is 7.53. The van der Waals surface area contributed by atoms with Crippen molar-refractivity contribution in [2.24, 2.45) is 0 Å². The van der Waals surface area contributed by atoms with Crippen LogP contribution in [0.15, 0.2) is 34.9 Å². The Morgan fingerprint density at radius 3 is 2.74 bits per heavy atom. The number of likely N-dealkylation sites (N-methyl/N-ethyl adjacent to an activating group) is 1. The molecule has 6 heteroatoms. The number of amides is 2. The third-order valence-electron chi connectivity index (χ3n) is 3.71. The predicted molar refractivity (Wildman–Crippen MR) is 88.0 cm³/mol. The van der Waals surface area contributed by atoms with Crippen molar-refractivity contribution in [1.29, 1.82) is 0 Å². The molecule has 2 aromatic rings. The molecule has 0 saturated carbocycles. The standard InChI is InChI=1S/C17H23N3O3/c1-12-5-7-14(8-6-12)16-9-15(23-19-16)10-18-17(21)20(3)13(2)11-22-4/h5-9,13H,10-11H2,1-4H3,(H,18,21). The van der Waals surface area contributed by atoms with E-state index in [1.54, 1.807) is 19.1 Å². The lowest BCUT2D eigenvalue weighted by molar-refractivity contribution is 0.123. The number of carbonyl (C=O) groups is 1. The summed E-state index contributed by atoms with van der Waals surface area (Å²) in [5.74, 6) is 0.613. The molecule has 0 aliphatic carbocycles. The van der Waals surface area contributed by atoms with Crippen LogP contribution in [-0.2, 0) is 11.3 Å². The molecule has 0 radical (unpaired) electrons. The van der Waals surface area contributed by atoms with Crippen LogP contribution in [0.4, 0.5) is 4.79 Å². The summed E-state index contributed by atoms with van der Waals surface area (Å²) in [5, 5.41) is 6.85. The summed E-state index contributed by atoms with van der Waals surface area (Å²) in [6.07, 6.45) is 0. The van der Waals surface area contributed by atoms with Crippen molar-refractivity contribution in [2.75, 3.05) is 20.8 Å². The van der Waals surface area contributed by atoms with Gasteiger partial charge in [0.2, 0.25) is 0 Å². The van der Waals surface area contributed by atoms with Gasteiger partial charge in [0.05, 0.1) is 19.2 Å². The van der Waals surface area contributed by atoms with Gasteiger partial charge in [-0.15, -0.1) is 0 Å². The number of nitrogens with one attached hydrogen (secondary N) is 1. The minimum Gasteiger partial charge on any atom is -0.383 e. The Labute approximate surface area is 136 Å². The van der Waals surface area contributed by atoms with Gasteiger partial charge in [-0.05, 0) is 13.8 Å². The van der Waals surface area contributed by atoms with Crippen LogP contribution in [0.3, 0.4) is 0 Å². The Morgan fingerprint density at radius 1 is 1.39 bits per heavy atom. The van der Waals surface area contributed by atoms with E-state index in [2.05, 4.69) is 10.5 Å². The molecule has 1 unspecified atom stereocenters. The van der Waals surface area contributed by atoms with Crippen molar-refractivity contribution in [3.63, 3.8) is 0 Å². The van der Waals surface area contributed by atoms with Crippen molar-refractivity contribution in [3.05, 3.63) is 41.7 Å². The van der Waals surface area contributed by atoms with Crippen LogP contribution in [0.2, 0.25) is 0 Å². The second kappa shape index (κ2) is 7.78. The molecule has 6 nitrogen and oxygen atoms in total. The Kier molecular flexibility index (Phi) is 5.76. The first-order valence-electron chi connectivity index (χ1n) is 7.53. The molecule has 124 valence electrons. The number of ether oxygens (including phenoxy) is 1. The van der Waals surface area contributed by atoms with Crippen LogP contribution in [0.5, 0.6) is 0 Å². The van der Waals surface area contributed by atoms with Crippen molar-refractivity contribution >= 4 is 6.03 Å². The van der Waals surface area contributed by atoms with Crippen molar-refractivity contribution in [1.82, 2.24) is 15.4 Å². The van der Waals surface area contributed by atoms with Crippen LogP contribution < -0.4 is 5.32 Å². The fourth-order valence-corrected chi connectivity index (χ4v) is 2.10. The fraction of sp³-hybridized carbons (Fsp3) is 0.412. The fourth-order valence-electron chi connectivity index (χ4n) is 2.10. The van der Waals surface area contributed by atoms with Gasteiger partial charge in [0.15, 0.2) is 5.76 Å². The second-order valence-corrected chi connectivity index (χ2v) is 5.62. The number of methoxy groups -OCH3 is 1. The summed E-state index contributed by atoms with van der Waals surface area (Å²) < 4.78 is 10.3. The molecule has 1 atom stereocenters. The van der Waals surface area contributed by atoms with E-state index in [1.807, 2.05) is 44.2 Å². The molecule has 1 N–H and O–H groups in total. The first kappa shape index (κ1) is 17.0. The first-order chi connectivity index (χ1) is 11.0. The van der Waals surface area contributed by atoms with Gasteiger partial charge in [0, 0.05) is 25.8 Å². The number of aryl methyl sites for hydroxylation is 1. The van der Waals surface area contributed by atoms with E-state index in [4.69, 9.17) is 9.26 Å². The monoisotopic (exact) mass is 317 g/mol. The Balaban J connectivity index is 1.92. The molecule has 0 aliphatic rings. The number of hydrogen-bond acceptors (Lipinski definition) is 4. The van der Waals surface area contributed by atoms with Gasteiger partial charge < -0.3 is 19.5 Å². The van der Waals surface area contributed by atoms with Gasteiger partial charge in [-0.25, -0.2) is 4.79 Å². The number of hydrogen-bond donors (Lipinski definition) is 1. The van der Waals surface area contributed by atoms with E-state index in [0.717, 1.165) is 11.3 Å². The number of rotatable bonds is 6. The topological polar surface area (TPSA) is 67.6 Å². The number of nitrogens with zero attached hydrogens (tertiary/aromatic N) is 2. The minimum atomic E-state index is -0.178. The molecule has 0 saturated heterocycles.